The summed E-state index contributed by atoms with van der Waals surface area (Å²) in [4.78, 5) is 8.36. The molecule has 0 atom stereocenters. The predicted molar refractivity (Wildman–Crippen MR) is 58.5 cm³/mol. The molecule has 0 saturated heterocycles. The molecule has 0 aromatic heterocycles. The second-order valence-corrected chi connectivity index (χ2v) is 3.71. The fourth-order valence-electron chi connectivity index (χ4n) is 1.09. The number of carboxylic acid groups (broad SMARTS) is 1. The fraction of sp³-hybridized carbons (Fsp3) is 0.417. The highest BCUT2D eigenvalue weighted by atomic mass is 16.3. The van der Waals surface area contributed by atoms with Crippen LogP contribution in [0.1, 0.15) is 32.8 Å². The van der Waals surface area contributed by atoms with Gasteiger partial charge in [0.05, 0.1) is 0 Å². The number of hydrogen-bond donors (Lipinski definition) is 1. The standard InChI is InChI=1S/C11H16.CH2O2/c1-4-11(2,3)10-8-6-5-7-9-10;2-1-3/h5-9H,4H2,1-3H3;1H,(H,2,3). The van der Waals surface area contributed by atoms with Crippen molar-refractivity contribution in [1.82, 2.24) is 0 Å². The van der Waals surface area contributed by atoms with Crippen LogP contribution in [0.3, 0.4) is 0 Å². The zero-order chi connectivity index (χ0) is 11.0. The number of rotatable bonds is 2. The molecule has 2 heteroatoms. The second-order valence-electron chi connectivity index (χ2n) is 3.71. The molecule has 1 rings (SSSR count). The van der Waals surface area contributed by atoms with Crippen molar-refractivity contribution in [2.24, 2.45) is 0 Å². The van der Waals surface area contributed by atoms with Gasteiger partial charge in [-0.15, -0.1) is 0 Å². The van der Waals surface area contributed by atoms with E-state index in [1.54, 1.807) is 0 Å². The molecule has 0 bridgehead atoms. The number of carbonyl (C=O) groups is 1. The first-order valence-corrected chi connectivity index (χ1v) is 4.72. The summed E-state index contributed by atoms with van der Waals surface area (Å²) in [6.45, 7) is 6.54. The highest BCUT2D eigenvalue weighted by Gasteiger charge is 2.16. The molecule has 0 spiro atoms. The third kappa shape index (κ3) is 4.08. The van der Waals surface area contributed by atoms with Crippen LogP contribution >= 0.6 is 0 Å². The van der Waals surface area contributed by atoms with Crippen molar-refractivity contribution in [3.63, 3.8) is 0 Å². The molecule has 0 amide bonds. The van der Waals surface area contributed by atoms with Crippen molar-refractivity contribution in [1.29, 1.82) is 0 Å². The second kappa shape index (κ2) is 6.19. The van der Waals surface area contributed by atoms with E-state index >= 15 is 0 Å². The van der Waals surface area contributed by atoms with Crippen molar-refractivity contribution in [3.05, 3.63) is 35.9 Å². The van der Waals surface area contributed by atoms with Gasteiger partial charge in [0.1, 0.15) is 0 Å². The first kappa shape index (κ1) is 12.7. The van der Waals surface area contributed by atoms with Gasteiger partial charge in [-0.25, -0.2) is 0 Å². The lowest BCUT2D eigenvalue weighted by Gasteiger charge is -2.22. The quantitative estimate of drug-likeness (QED) is 0.734. The predicted octanol–water partition coefficient (Wildman–Crippen LogP) is 3.08. The molecule has 1 aromatic rings. The van der Waals surface area contributed by atoms with Crippen LogP contribution in [-0.4, -0.2) is 11.6 Å². The maximum Gasteiger partial charge on any atom is 0.290 e. The van der Waals surface area contributed by atoms with E-state index in [0.29, 0.717) is 5.41 Å². The lowest BCUT2D eigenvalue weighted by Crippen LogP contribution is -2.14. The molecule has 0 aliphatic heterocycles. The van der Waals surface area contributed by atoms with Crippen molar-refractivity contribution < 1.29 is 9.90 Å². The monoisotopic (exact) mass is 194 g/mol. The molecular formula is C12H18O2. The topological polar surface area (TPSA) is 37.3 Å². The van der Waals surface area contributed by atoms with E-state index in [-0.39, 0.29) is 6.47 Å². The zero-order valence-electron chi connectivity index (χ0n) is 9.03. The van der Waals surface area contributed by atoms with Crippen LogP contribution in [0.2, 0.25) is 0 Å². The summed E-state index contributed by atoms with van der Waals surface area (Å²) in [5, 5.41) is 6.89. The van der Waals surface area contributed by atoms with Gasteiger partial charge in [-0.2, -0.15) is 0 Å². The van der Waals surface area contributed by atoms with Gasteiger partial charge in [-0.05, 0) is 17.4 Å². The minimum atomic E-state index is -0.250. The van der Waals surface area contributed by atoms with Crippen molar-refractivity contribution in [2.45, 2.75) is 32.6 Å². The lowest BCUT2D eigenvalue weighted by atomic mass is 9.82. The summed E-state index contributed by atoms with van der Waals surface area (Å²) in [5.74, 6) is 0. The average molecular weight is 194 g/mol. The van der Waals surface area contributed by atoms with E-state index in [2.05, 4.69) is 51.1 Å². The number of hydrogen-bond acceptors (Lipinski definition) is 1. The van der Waals surface area contributed by atoms with Crippen LogP contribution in [0.5, 0.6) is 0 Å². The lowest BCUT2D eigenvalue weighted by molar-refractivity contribution is -0.122. The van der Waals surface area contributed by atoms with Crippen LogP contribution < -0.4 is 0 Å². The first-order chi connectivity index (χ1) is 6.58. The number of benzene rings is 1. The Kier molecular flexibility index (Phi) is 5.61. The van der Waals surface area contributed by atoms with Crippen molar-refractivity contribution >= 4 is 6.47 Å². The third-order valence-corrected chi connectivity index (χ3v) is 2.44. The van der Waals surface area contributed by atoms with Crippen LogP contribution in [0, 0.1) is 0 Å². The largest absolute Gasteiger partial charge is 0.483 e. The normalized spacial score (nSPS) is 9.93. The molecule has 78 valence electrons. The summed E-state index contributed by atoms with van der Waals surface area (Å²) in [6, 6.07) is 10.7. The summed E-state index contributed by atoms with van der Waals surface area (Å²) < 4.78 is 0. The smallest absolute Gasteiger partial charge is 0.290 e. The highest BCUT2D eigenvalue weighted by molar-refractivity contribution is 5.32. The third-order valence-electron chi connectivity index (χ3n) is 2.44. The van der Waals surface area contributed by atoms with Gasteiger partial charge >= 0.3 is 0 Å². The van der Waals surface area contributed by atoms with Gasteiger partial charge in [0.15, 0.2) is 0 Å². The molecule has 0 aliphatic rings. The molecule has 0 unspecified atom stereocenters. The maximum absolute atomic E-state index is 8.36. The van der Waals surface area contributed by atoms with Crippen LogP contribution in [0.25, 0.3) is 0 Å². The van der Waals surface area contributed by atoms with Gasteiger partial charge in [0, 0.05) is 0 Å². The van der Waals surface area contributed by atoms with E-state index in [9.17, 15) is 0 Å². The van der Waals surface area contributed by atoms with Gasteiger partial charge in [0.2, 0.25) is 0 Å². The Labute approximate surface area is 85.6 Å². The first-order valence-electron chi connectivity index (χ1n) is 4.72. The van der Waals surface area contributed by atoms with Crippen LogP contribution in [-0.2, 0) is 10.2 Å². The van der Waals surface area contributed by atoms with Gasteiger partial charge in [-0.1, -0.05) is 51.1 Å². The van der Waals surface area contributed by atoms with Crippen molar-refractivity contribution in [2.75, 3.05) is 0 Å². The Morgan fingerprint density at radius 3 is 2.07 bits per heavy atom. The van der Waals surface area contributed by atoms with E-state index < -0.39 is 0 Å². The molecule has 1 aromatic carbocycles. The molecule has 0 fully saturated rings. The summed E-state index contributed by atoms with van der Waals surface area (Å²) in [6.07, 6.45) is 1.19. The summed E-state index contributed by atoms with van der Waals surface area (Å²) in [5.41, 5.74) is 1.77. The Bertz CT molecular complexity index is 252. The van der Waals surface area contributed by atoms with E-state index in [1.165, 1.54) is 12.0 Å². The van der Waals surface area contributed by atoms with Crippen molar-refractivity contribution in [3.8, 4) is 0 Å². The molecule has 14 heavy (non-hydrogen) atoms. The molecule has 0 saturated carbocycles. The van der Waals surface area contributed by atoms with Gasteiger partial charge in [-0.3, -0.25) is 4.79 Å². The van der Waals surface area contributed by atoms with Gasteiger partial charge < -0.3 is 5.11 Å². The molecule has 2 nitrogen and oxygen atoms in total. The Morgan fingerprint density at radius 1 is 1.29 bits per heavy atom. The highest BCUT2D eigenvalue weighted by Crippen LogP contribution is 2.25. The zero-order valence-corrected chi connectivity index (χ0v) is 9.03. The minimum Gasteiger partial charge on any atom is -0.483 e. The molecule has 0 radical (unpaired) electrons. The maximum atomic E-state index is 8.36. The molecule has 1 N–H and O–H groups in total. The van der Waals surface area contributed by atoms with E-state index in [4.69, 9.17) is 9.90 Å². The Balaban J connectivity index is 0.000000500. The van der Waals surface area contributed by atoms with E-state index in [0.717, 1.165) is 0 Å². The summed E-state index contributed by atoms with van der Waals surface area (Å²) >= 11 is 0. The van der Waals surface area contributed by atoms with Crippen LogP contribution in [0.4, 0.5) is 0 Å². The molecule has 0 aliphatic carbocycles. The molecule has 0 heterocycles. The fourth-order valence-corrected chi connectivity index (χ4v) is 1.09. The Morgan fingerprint density at radius 2 is 1.71 bits per heavy atom. The SMILES string of the molecule is CCC(C)(C)c1ccccc1.O=CO. The summed E-state index contributed by atoms with van der Waals surface area (Å²) in [7, 11) is 0. The Hall–Kier alpha value is -1.31. The minimum absolute atomic E-state index is 0.250. The molecular weight excluding hydrogens is 176 g/mol. The van der Waals surface area contributed by atoms with Gasteiger partial charge in [0.25, 0.3) is 6.47 Å². The van der Waals surface area contributed by atoms with E-state index in [1.807, 2.05) is 0 Å². The van der Waals surface area contributed by atoms with Crippen LogP contribution in [0.15, 0.2) is 30.3 Å². The average Bonchev–Trinajstić information content (AvgIpc) is 2.20.